The van der Waals surface area contributed by atoms with E-state index in [-0.39, 0.29) is 24.7 Å². The number of benzene rings is 1. The van der Waals surface area contributed by atoms with Crippen molar-refractivity contribution >= 4 is 5.97 Å². The zero-order chi connectivity index (χ0) is 22.5. The Balaban J connectivity index is 2.00. The molecule has 1 aliphatic rings. The summed E-state index contributed by atoms with van der Waals surface area (Å²) in [7, 11) is 0. The molecule has 0 fully saturated rings. The fourth-order valence-electron chi connectivity index (χ4n) is 4.33. The molecule has 5 heteroatoms. The summed E-state index contributed by atoms with van der Waals surface area (Å²) in [5, 5.41) is 9.11. The van der Waals surface area contributed by atoms with E-state index in [0.717, 1.165) is 36.9 Å². The molecule has 0 aromatic heterocycles. The number of carbonyl (C=O) groups is 1. The van der Waals surface area contributed by atoms with Crippen molar-refractivity contribution in [3.63, 3.8) is 0 Å². The lowest BCUT2D eigenvalue weighted by atomic mass is 9.81. The SMILES string of the molecule is CCCCCC(CCCCC)ONC(C)=CC1CCc2ccccc2C1OCC(=O)O. The third-order valence-electron chi connectivity index (χ3n) is 5.99. The van der Waals surface area contributed by atoms with Crippen molar-refractivity contribution in [2.24, 2.45) is 5.92 Å². The Morgan fingerprint density at radius 3 is 2.48 bits per heavy atom. The van der Waals surface area contributed by atoms with Crippen molar-refractivity contribution in [2.75, 3.05) is 6.61 Å². The van der Waals surface area contributed by atoms with Crippen LogP contribution in [0.4, 0.5) is 0 Å². The normalized spacial score (nSPS) is 18.8. The average molecular weight is 432 g/mol. The molecule has 1 aliphatic carbocycles. The van der Waals surface area contributed by atoms with Crippen molar-refractivity contribution < 1.29 is 19.5 Å². The quantitative estimate of drug-likeness (QED) is 0.250. The van der Waals surface area contributed by atoms with Gasteiger partial charge < -0.3 is 9.84 Å². The molecule has 0 saturated heterocycles. The van der Waals surface area contributed by atoms with Crippen LogP contribution in [0.2, 0.25) is 0 Å². The number of hydrogen-bond donors (Lipinski definition) is 2. The minimum Gasteiger partial charge on any atom is -0.480 e. The van der Waals surface area contributed by atoms with Crippen LogP contribution in [0.5, 0.6) is 0 Å². The number of carboxylic acid groups (broad SMARTS) is 1. The summed E-state index contributed by atoms with van der Waals surface area (Å²) in [5.41, 5.74) is 6.49. The second-order valence-corrected chi connectivity index (χ2v) is 8.71. The van der Waals surface area contributed by atoms with E-state index in [9.17, 15) is 4.79 Å². The smallest absolute Gasteiger partial charge is 0.329 e. The first kappa shape index (κ1) is 25.4. The third-order valence-corrected chi connectivity index (χ3v) is 5.99. The summed E-state index contributed by atoms with van der Waals surface area (Å²) in [6.45, 7) is 6.18. The van der Waals surface area contributed by atoms with E-state index in [2.05, 4.69) is 37.5 Å². The van der Waals surface area contributed by atoms with Gasteiger partial charge in [0.15, 0.2) is 0 Å². The number of rotatable bonds is 15. The average Bonchev–Trinajstić information content (AvgIpc) is 2.76. The Labute approximate surface area is 188 Å². The number of aliphatic carboxylic acids is 1. The highest BCUT2D eigenvalue weighted by Crippen LogP contribution is 2.38. The zero-order valence-corrected chi connectivity index (χ0v) is 19.6. The number of hydrogen-bond acceptors (Lipinski definition) is 4. The summed E-state index contributed by atoms with van der Waals surface area (Å²) in [4.78, 5) is 17.2. The second-order valence-electron chi connectivity index (χ2n) is 8.71. The highest BCUT2D eigenvalue weighted by Gasteiger charge is 2.29. The molecule has 5 nitrogen and oxygen atoms in total. The highest BCUT2D eigenvalue weighted by atomic mass is 16.7. The number of aryl methyl sites for hydroxylation is 1. The van der Waals surface area contributed by atoms with Gasteiger partial charge in [-0.05, 0) is 43.7 Å². The molecule has 0 bridgehead atoms. The first-order valence-electron chi connectivity index (χ1n) is 12.1. The van der Waals surface area contributed by atoms with Gasteiger partial charge in [0.1, 0.15) is 6.61 Å². The molecule has 2 atom stereocenters. The van der Waals surface area contributed by atoms with E-state index in [1.54, 1.807) is 0 Å². The van der Waals surface area contributed by atoms with E-state index in [1.807, 2.05) is 19.1 Å². The van der Waals surface area contributed by atoms with Crippen LogP contribution >= 0.6 is 0 Å². The van der Waals surface area contributed by atoms with Gasteiger partial charge in [-0.3, -0.25) is 10.3 Å². The number of fused-ring (bicyclic) bond motifs is 1. The summed E-state index contributed by atoms with van der Waals surface area (Å²) in [6, 6.07) is 8.19. The van der Waals surface area contributed by atoms with Gasteiger partial charge in [-0.1, -0.05) is 82.7 Å². The Morgan fingerprint density at radius 1 is 1.16 bits per heavy atom. The molecule has 1 aromatic rings. The minimum atomic E-state index is -0.939. The van der Waals surface area contributed by atoms with Gasteiger partial charge in [0.25, 0.3) is 0 Å². The first-order valence-corrected chi connectivity index (χ1v) is 12.1. The van der Waals surface area contributed by atoms with E-state index in [1.165, 1.54) is 44.1 Å². The van der Waals surface area contributed by atoms with Gasteiger partial charge in [0.05, 0.1) is 12.2 Å². The molecule has 2 rings (SSSR count). The van der Waals surface area contributed by atoms with Crippen molar-refractivity contribution in [1.82, 2.24) is 5.48 Å². The predicted molar refractivity (Wildman–Crippen MR) is 125 cm³/mol. The maximum absolute atomic E-state index is 11.1. The predicted octanol–water partition coefficient (Wildman–Crippen LogP) is 6.35. The van der Waals surface area contributed by atoms with Crippen LogP contribution in [0.15, 0.2) is 36.0 Å². The number of hydroxylamine groups is 1. The van der Waals surface area contributed by atoms with Crippen molar-refractivity contribution in [1.29, 1.82) is 0 Å². The van der Waals surface area contributed by atoms with Crippen molar-refractivity contribution in [2.45, 2.75) is 97.2 Å². The van der Waals surface area contributed by atoms with Crippen LogP contribution in [0.3, 0.4) is 0 Å². The fourth-order valence-corrected chi connectivity index (χ4v) is 4.33. The highest BCUT2D eigenvalue weighted by molar-refractivity contribution is 5.68. The van der Waals surface area contributed by atoms with Crippen LogP contribution in [0, 0.1) is 5.92 Å². The van der Waals surface area contributed by atoms with Crippen LogP contribution in [-0.2, 0) is 20.8 Å². The molecule has 174 valence electrons. The number of nitrogens with one attached hydrogen (secondary N) is 1. The Morgan fingerprint density at radius 2 is 1.84 bits per heavy atom. The summed E-state index contributed by atoms with van der Waals surface area (Å²) in [5.74, 6) is -0.824. The van der Waals surface area contributed by atoms with Crippen LogP contribution in [-0.4, -0.2) is 23.8 Å². The molecule has 2 unspecified atom stereocenters. The Kier molecular flexibility index (Phi) is 11.7. The molecule has 0 aliphatic heterocycles. The molecule has 0 amide bonds. The lowest BCUT2D eigenvalue weighted by Gasteiger charge is -2.32. The number of carboxylic acids is 1. The molecule has 0 saturated carbocycles. The minimum absolute atomic E-state index is 0.115. The molecule has 1 aromatic carbocycles. The summed E-state index contributed by atoms with van der Waals surface area (Å²) < 4.78 is 5.83. The van der Waals surface area contributed by atoms with Crippen molar-refractivity contribution in [3.8, 4) is 0 Å². The van der Waals surface area contributed by atoms with E-state index in [0.29, 0.717) is 0 Å². The van der Waals surface area contributed by atoms with Crippen LogP contribution < -0.4 is 5.48 Å². The summed E-state index contributed by atoms with van der Waals surface area (Å²) >= 11 is 0. The standard InChI is InChI=1S/C26H41NO4/c1-4-6-8-13-23(14-9-7-5-2)31-27-20(3)18-22-17-16-21-12-10-11-15-24(21)26(22)30-19-25(28)29/h10-12,15,18,22-23,26-27H,4-9,13-14,16-17,19H2,1-3H3,(H,28,29). The van der Waals surface area contributed by atoms with Crippen LogP contribution in [0.1, 0.15) is 95.8 Å². The van der Waals surface area contributed by atoms with E-state index >= 15 is 0 Å². The fraction of sp³-hybridized carbons (Fsp3) is 0.654. The van der Waals surface area contributed by atoms with Gasteiger partial charge in [-0.2, -0.15) is 0 Å². The first-order chi connectivity index (χ1) is 15.0. The number of allylic oxidation sites excluding steroid dienone is 1. The van der Waals surface area contributed by atoms with Gasteiger partial charge in [-0.25, -0.2) is 4.79 Å². The molecule has 0 radical (unpaired) electrons. The maximum atomic E-state index is 11.1. The van der Waals surface area contributed by atoms with Gasteiger partial charge in [0.2, 0.25) is 0 Å². The molecule has 0 heterocycles. The number of unbranched alkanes of at least 4 members (excludes halogenated alkanes) is 4. The van der Waals surface area contributed by atoms with E-state index < -0.39 is 5.97 Å². The third kappa shape index (κ3) is 9.04. The molecule has 2 N–H and O–H groups in total. The monoisotopic (exact) mass is 431 g/mol. The Bertz CT molecular complexity index is 678. The summed E-state index contributed by atoms with van der Waals surface area (Å²) in [6.07, 6.45) is 13.5. The van der Waals surface area contributed by atoms with Gasteiger partial charge in [-0.15, -0.1) is 0 Å². The van der Waals surface area contributed by atoms with Gasteiger partial charge >= 0.3 is 5.97 Å². The van der Waals surface area contributed by atoms with Gasteiger partial charge in [0, 0.05) is 11.6 Å². The molecular formula is C26H41NO4. The van der Waals surface area contributed by atoms with Crippen LogP contribution in [0.25, 0.3) is 0 Å². The lowest BCUT2D eigenvalue weighted by molar-refractivity contribution is -0.145. The Hall–Kier alpha value is -1.85. The topological polar surface area (TPSA) is 67.8 Å². The van der Waals surface area contributed by atoms with E-state index in [4.69, 9.17) is 14.7 Å². The number of ether oxygens (including phenoxy) is 1. The maximum Gasteiger partial charge on any atom is 0.329 e. The molecule has 0 spiro atoms. The molecular weight excluding hydrogens is 390 g/mol. The lowest BCUT2D eigenvalue weighted by Crippen LogP contribution is -2.27. The second kappa shape index (κ2) is 14.3. The zero-order valence-electron chi connectivity index (χ0n) is 19.6. The molecule has 31 heavy (non-hydrogen) atoms. The largest absolute Gasteiger partial charge is 0.480 e. The van der Waals surface area contributed by atoms with Crippen molar-refractivity contribution in [3.05, 3.63) is 47.2 Å².